The van der Waals surface area contributed by atoms with Crippen LogP contribution in [0.4, 0.5) is 4.39 Å². The van der Waals surface area contributed by atoms with E-state index >= 15 is 0 Å². The van der Waals surface area contributed by atoms with Crippen LogP contribution in [0.2, 0.25) is 0 Å². The van der Waals surface area contributed by atoms with Gasteiger partial charge in [-0.15, -0.1) is 0 Å². The Hall–Kier alpha value is -2.98. The number of ether oxygens (including phenoxy) is 1. The van der Waals surface area contributed by atoms with Gasteiger partial charge in [0.1, 0.15) is 11.9 Å². The van der Waals surface area contributed by atoms with Gasteiger partial charge in [-0.05, 0) is 35.2 Å². The molecule has 0 saturated heterocycles. The third kappa shape index (κ3) is 5.51. The van der Waals surface area contributed by atoms with Gasteiger partial charge in [-0.1, -0.05) is 72.8 Å². The monoisotopic (exact) mass is 377 g/mol. The number of methoxy groups -OCH3 is 1. The lowest BCUT2D eigenvalue weighted by Gasteiger charge is -2.30. The second kappa shape index (κ2) is 9.81. The largest absolute Gasteiger partial charge is 0.468 e. The number of hydrogen-bond donors (Lipinski definition) is 0. The van der Waals surface area contributed by atoms with Crippen LogP contribution in [0.25, 0.3) is 0 Å². The highest BCUT2D eigenvalue weighted by molar-refractivity contribution is 5.76. The lowest BCUT2D eigenvalue weighted by atomic mass is 10.0. The molecule has 0 spiro atoms. The van der Waals surface area contributed by atoms with Crippen LogP contribution in [0.1, 0.15) is 16.7 Å². The highest BCUT2D eigenvalue weighted by atomic mass is 19.1. The van der Waals surface area contributed by atoms with Crippen LogP contribution in [0, 0.1) is 5.82 Å². The van der Waals surface area contributed by atoms with E-state index in [1.54, 1.807) is 6.07 Å². The van der Waals surface area contributed by atoms with Crippen molar-refractivity contribution >= 4 is 5.97 Å². The van der Waals surface area contributed by atoms with E-state index in [0.717, 1.165) is 16.7 Å². The molecule has 1 atom stereocenters. The summed E-state index contributed by atoms with van der Waals surface area (Å²) in [6.45, 7) is 1.18. The van der Waals surface area contributed by atoms with E-state index in [0.29, 0.717) is 19.5 Å². The van der Waals surface area contributed by atoms with E-state index in [4.69, 9.17) is 4.74 Å². The number of carbonyl (C=O) groups is 1. The first kappa shape index (κ1) is 19.8. The number of benzene rings is 3. The molecule has 4 heteroatoms. The van der Waals surface area contributed by atoms with Crippen LogP contribution in [0.5, 0.6) is 0 Å². The summed E-state index contributed by atoms with van der Waals surface area (Å²) in [7, 11) is 1.39. The second-order valence-corrected chi connectivity index (χ2v) is 6.75. The summed E-state index contributed by atoms with van der Waals surface area (Å²) in [5, 5.41) is 0. The third-order valence-corrected chi connectivity index (χ3v) is 4.69. The maximum atomic E-state index is 13.7. The molecule has 0 radical (unpaired) electrons. The number of hydrogen-bond acceptors (Lipinski definition) is 3. The Morgan fingerprint density at radius 2 is 1.39 bits per heavy atom. The van der Waals surface area contributed by atoms with Gasteiger partial charge in [-0.3, -0.25) is 9.69 Å². The molecule has 28 heavy (non-hydrogen) atoms. The van der Waals surface area contributed by atoms with Gasteiger partial charge >= 0.3 is 5.97 Å². The minimum atomic E-state index is -0.521. The van der Waals surface area contributed by atoms with Gasteiger partial charge in [-0.25, -0.2) is 4.39 Å². The van der Waals surface area contributed by atoms with Crippen molar-refractivity contribution in [3.05, 3.63) is 107 Å². The highest BCUT2D eigenvalue weighted by Gasteiger charge is 2.27. The van der Waals surface area contributed by atoms with Gasteiger partial charge in [-0.2, -0.15) is 0 Å². The Bertz CT molecular complexity index is 842. The van der Waals surface area contributed by atoms with Gasteiger partial charge in [0.2, 0.25) is 0 Å². The van der Waals surface area contributed by atoms with Crippen LogP contribution < -0.4 is 0 Å². The fourth-order valence-electron chi connectivity index (χ4n) is 3.30. The zero-order valence-corrected chi connectivity index (χ0v) is 15.9. The Kier molecular flexibility index (Phi) is 6.93. The first-order chi connectivity index (χ1) is 13.7. The smallest absolute Gasteiger partial charge is 0.323 e. The normalized spacial score (nSPS) is 12.0. The summed E-state index contributed by atoms with van der Waals surface area (Å²) in [5.74, 6) is -0.630. The molecule has 0 N–H and O–H groups in total. The van der Waals surface area contributed by atoms with Gasteiger partial charge in [0.05, 0.1) is 7.11 Å². The molecule has 0 fully saturated rings. The summed E-state index contributed by atoms with van der Waals surface area (Å²) in [4.78, 5) is 14.8. The summed E-state index contributed by atoms with van der Waals surface area (Å²) in [6, 6.07) is 25.9. The molecule has 3 rings (SSSR count). The molecule has 144 valence electrons. The molecule has 0 aromatic heterocycles. The highest BCUT2D eigenvalue weighted by Crippen LogP contribution is 2.18. The van der Waals surface area contributed by atoms with E-state index < -0.39 is 6.04 Å². The van der Waals surface area contributed by atoms with E-state index in [1.807, 2.05) is 66.7 Å². The predicted octanol–water partition coefficient (Wildman–Crippen LogP) is 4.61. The first-order valence-electron chi connectivity index (χ1n) is 9.30. The van der Waals surface area contributed by atoms with E-state index in [9.17, 15) is 9.18 Å². The van der Waals surface area contributed by atoms with Gasteiger partial charge in [0.15, 0.2) is 0 Å². The molecule has 3 aromatic rings. The van der Waals surface area contributed by atoms with Crippen molar-refractivity contribution in [3.8, 4) is 0 Å². The zero-order chi connectivity index (χ0) is 19.8. The molecule has 3 nitrogen and oxygen atoms in total. The Balaban J connectivity index is 1.91. The molecular formula is C24H24FNO2. The van der Waals surface area contributed by atoms with Crippen LogP contribution in [-0.4, -0.2) is 24.0 Å². The third-order valence-electron chi connectivity index (χ3n) is 4.69. The zero-order valence-electron chi connectivity index (χ0n) is 15.9. The van der Waals surface area contributed by atoms with Crippen LogP contribution in [0.3, 0.4) is 0 Å². The fraction of sp³-hybridized carbons (Fsp3) is 0.208. The Morgan fingerprint density at radius 3 is 1.89 bits per heavy atom. The molecule has 1 unspecified atom stereocenters. The SMILES string of the molecule is COC(=O)C(Cc1cccc(F)c1)N(Cc1ccccc1)Cc1ccccc1. The van der Waals surface area contributed by atoms with Crippen molar-refractivity contribution in [2.75, 3.05) is 7.11 Å². The molecule has 0 aliphatic heterocycles. The average molecular weight is 377 g/mol. The molecule has 0 bridgehead atoms. The van der Waals surface area contributed by atoms with Crippen molar-refractivity contribution in [2.24, 2.45) is 0 Å². The first-order valence-corrected chi connectivity index (χ1v) is 9.30. The van der Waals surface area contributed by atoms with Crippen molar-refractivity contribution in [3.63, 3.8) is 0 Å². The van der Waals surface area contributed by atoms with E-state index in [1.165, 1.54) is 19.2 Å². The summed E-state index contributed by atoms with van der Waals surface area (Å²) >= 11 is 0. The lowest BCUT2D eigenvalue weighted by Crippen LogP contribution is -2.42. The van der Waals surface area contributed by atoms with Crippen molar-refractivity contribution in [1.82, 2.24) is 4.90 Å². The van der Waals surface area contributed by atoms with Crippen LogP contribution in [-0.2, 0) is 29.0 Å². The number of esters is 1. The van der Waals surface area contributed by atoms with Gasteiger partial charge in [0, 0.05) is 13.1 Å². The number of rotatable bonds is 8. The maximum Gasteiger partial charge on any atom is 0.323 e. The quantitative estimate of drug-likeness (QED) is 0.537. The molecule has 0 amide bonds. The van der Waals surface area contributed by atoms with Gasteiger partial charge in [0.25, 0.3) is 0 Å². The second-order valence-electron chi connectivity index (χ2n) is 6.75. The van der Waals surface area contributed by atoms with Crippen LogP contribution in [0.15, 0.2) is 84.9 Å². The molecule has 3 aromatic carbocycles. The number of nitrogens with zero attached hydrogens (tertiary/aromatic N) is 1. The van der Waals surface area contributed by atoms with E-state index in [-0.39, 0.29) is 11.8 Å². The molecule has 0 aliphatic rings. The summed E-state index contributed by atoms with van der Waals surface area (Å²) < 4.78 is 18.8. The Morgan fingerprint density at radius 1 is 0.857 bits per heavy atom. The number of carbonyl (C=O) groups excluding carboxylic acids is 1. The summed E-state index contributed by atoms with van der Waals surface area (Å²) in [5.41, 5.74) is 2.97. The minimum Gasteiger partial charge on any atom is -0.468 e. The van der Waals surface area contributed by atoms with Gasteiger partial charge < -0.3 is 4.74 Å². The topological polar surface area (TPSA) is 29.5 Å². The maximum absolute atomic E-state index is 13.7. The minimum absolute atomic E-state index is 0.307. The van der Waals surface area contributed by atoms with Crippen molar-refractivity contribution < 1.29 is 13.9 Å². The molecule has 0 saturated carbocycles. The summed E-state index contributed by atoms with van der Waals surface area (Å²) in [6.07, 6.45) is 0.379. The predicted molar refractivity (Wildman–Crippen MR) is 108 cm³/mol. The van der Waals surface area contributed by atoms with Crippen LogP contribution >= 0.6 is 0 Å². The number of halogens is 1. The molecule has 0 aliphatic carbocycles. The average Bonchev–Trinajstić information content (AvgIpc) is 2.72. The molecular weight excluding hydrogens is 353 g/mol. The molecule has 0 heterocycles. The fourth-order valence-corrected chi connectivity index (χ4v) is 3.30. The Labute approximate surface area is 165 Å². The standard InChI is InChI=1S/C24H24FNO2/c1-28-24(27)23(16-21-13-8-14-22(25)15-21)26(17-19-9-4-2-5-10-19)18-20-11-6-3-7-12-20/h2-15,23H,16-18H2,1H3. The van der Waals surface area contributed by atoms with Crippen molar-refractivity contribution in [1.29, 1.82) is 0 Å². The van der Waals surface area contributed by atoms with Crippen molar-refractivity contribution in [2.45, 2.75) is 25.6 Å². The lowest BCUT2D eigenvalue weighted by molar-refractivity contribution is -0.147. The van der Waals surface area contributed by atoms with E-state index in [2.05, 4.69) is 4.90 Å².